The number of benzene rings is 2. The molecule has 1 N–H and O–H groups in total. The van der Waals surface area contributed by atoms with Gasteiger partial charge in [0, 0.05) is 5.56 Å². The van der Waals surface area contributed by atoms with Crippen molar-refractivity contribution in [3.8, 4) is 5.75 Å². The predicted octanol–water partition coefficient (Wildman–Crippen LogP) is 4.02. The van der Waals surface area contributed by atoms with Gasteiger partial charge < -0.3 is 9.47 Å². The SMILES string of the molecule is CC(C)(COC(=O)c1cccc(C2=CCOc3ccc(F)cc32)c1)NS(=O)(=O)C(F)(F)F. The summed E-state index contributed by atoms with van der Waals surface area (Å²) in [4.78, 5) is 12.5. The Morgan fingerprint density at radius 1 is 1.16 bits per heavy atom. The van der Waals surface area contributed by atoms with Crippen molar-refractivity contribution < 1.29 is 40.2 Å². The number of carbonyl (C=O) groups is 1. The molecule has 0 amide bonds. The van der Waals surface area contributed by atoms with Crippen LogP contribution in [0.25, 0.3) is 5.57 Å². The highest BCUT2D eigenvalue weighted by molar-refractivity contribution is 7.90. The van der Waals surface area contributed by atoms with Crippen molar-refractivity contribution in [1.82, 2.24) is 4.72 Å². The van der Waals surface area contributed by atoms with Gasteiger partial charge in [-0.15, -0.1) is 0 Å². The van der Waals surface area contributed by atoms with Gasteiger partial charge in [0.25, 0.3) is 0 Å². The monoisotopic (exact) mass is 473 g/mol. The third-order valence-corrected chi connectivity index (χ3v) is 5.88. The fourth-order valence-electron chi connectivity index (χ4n) is 3.03. The number of halogens is 4. The van der Waals surface area contributed by atoms with Crippen molar-refractivity contribution in [3.63, 3.8) is 0 Å². The molecule has 32 heavy (non-hydrogen) atoms. The number of hydrogen-bond acceptors (Lipinski definition) is 5. The first-order valence-electron chi connectivity index (χ1n) is 9.30. The van der Waals surface area contributed by atoms with Gasteiger partial charge >= 0.3 is 21.5 Å². The van der Waals surface area contributed by atoms with Gasteiger partial charge in [-0.25, -0.2) is 17.6 Å². The van der Waals surface area contributed by atoms with Crippen LogP contribution in [0.2, 0.25) is 0 Å². The Hall–Kier alpha value is -2.92. The van der Waals surface area contributed by atoms with Crippen molar-refractivity contribution in [2.24, 2.45) is 0 Å². The van der Waals surface area contributed by atoms with Crippen LogP contribution in [-0.2, 0) is 14.8 Å². The third-order valence-electron chi connectivity index (χ3n) is 4.45. The fourth-order valence-corrected chi connectivity index (χ4v) is 3.93. The molecule has 0 aromatic heterocycles. The number of rotatable bonds is 6. The molecular formula is C21H19F4NO5S. The summed E-state index contributed by atoms with van der Waals surface area (Å²) in [5, 5.41) is 0. The zero-order chi connectivity index (χ0) is 23.7. The summed E-state index contributed by atoms with van der Waals surface area (Å²) in [6, 6.07) is 10.3. The Bertz CT molecular complexity index is 1170. The van der Waals surface area contributed by atoms with E-state index in [0.717, 1.165) is 13.8 Å². The van der Waals surface area contributed by atoms with Crippen molar-refractivity contribution in [1.29, 1.82) is 0 Å². The third kappa shape index (κ3) is 5.28. The summed E-state index contributed by atoms with van der Waals surface area (Å²) in [5.41, 5.74) is -5.39. The highest BCUT2D eigenvalue weighted by Crippen LogP contribution is 2.35. The molecule has 1 heterocycles. The lowest BCUT2D eigenvalue weighted by Gasteiger charge is -2.26. The van der Waals surface area contributed by atoms with E-state index in [4.69, 9.17) is 9.47 Å². The summed E-state index contributed by atoms with van der Waals surface area (Å²) in [7, 11) is -5.61. The number of hydrogen-bond donors (Lipinski definition) is 1. The predicted molar refractivity (Wildman–Crippen MR) is 108 cm³/mol. The largest absolute Gasteiger partial charge is 0.511 e. The minimum atomic E-state index is -5.61. The Labute approximate surface area is 181 Å². The van der Waals surface area contributed by atoms with Gasteiger partial charge in [0.05, 0.1) is 11.1 Å². The topological polar surface area (TPSA) is 81.7 Å². The molecule has 0 bridgehead atoms. The van der Waals surface area contributed by atoms with Crippen LogP contribution in [0, 0.1) is 5.82 Å². The first-order chi connectivity index (χ1) is 14.8. The molecule has 6 nitrogen and oxygen atoms in total. The molecular weight excluding hydrogens is 454 g/mol. The lowest BCUT2D eigenvalue weighted by Crippen LogP contribution is -2.51. The van der Waals surface area contributed by atoms with E-state index in [1.807, 2.05) is 0 Å². The van der Waals surface area contributed by atoms with Crippen LogP contribution in [0.4, 0.5) is 17.6 Å². The normalized spacial score (nSPS) is 14.2. The standard InChI is InChI=1S/C21H19F4NO5S/c1-20(2,26-32(28,29)21(23,24)25)12-31-19(27)14-5-3-4-13(10-14)16-8-9-30-18-7-6-15(22)11-17(16)18/h3-8,10-11,26H,9,12H2,1-2H3. The molecule has 0 saturated heterocycles. The lowest BCUT2D eigenvalue weighted by atomic mass is 9.94. The van der Waals surface area contributed by atoms with E-state index < -0.39 is 39.5 Å². The van der Waals surface area contributed by atoms with Gasteiger partial charge in [0.1, 0.15) is 24.8 Å². The average molecular weight is 473 g/mol. The van der Waals surface area contributed by atoms with Crippen molar-refractivity contribution >= 4 is 21.6 Å². The van der Waals surface area contributed by atoms with Crippen molar-refractivity contribution in [2.75, 3.05) is 13.2 Å². The Morgan fingerprint density at radius 3 is 2.56 bits per heavy atom. The van der Waals surface area contributed by atoms with Crippen LogP contribution < -0.4 is 9.46 Å². The van der Waals surface area contributed by atoms with Gasteiger partial charge in [-0.05, 0) is 61.4 Å². The van der Waals surface area contributed by atoms with Gasteiger partial charge in [-0.3, -0.25) is 0 Å². The molecule has 172 valence electrons. The van der Waals surface area contributed by atoms with Crippen molar-refractivity contribution in [2.45, 2.75) is 24.9 Å². The zero-order valence-corrected chi connectivity index (χ0v) is 17.8. The summed E-state index contributed by atoms with van der Waals surface area (Å²) in [6.45, 7) is 1.91. The van der Waals surface area contributed by atoms with Crippen LogP contribution in [-0.4, -0.2) is 38.6 Å². The molecule has 0 fully saturated rings. The summed E-state index contributed by atoms with van der Waals surface area (Å²) in [5.74, 6) is -0.840. The fraction of sp³-hybridized carbons (Fsp3) is 0.286. The molecule has 1 aliphatic heterocycles. The van der Waals surface area contributed by atoms with E-state index >= 15 is 0 Å². The summed E-state index contributed by atoms with van der Waals surface area (Å²) in [6.07, 6.45) is 1.72. The van der Waals surface area contributed by atoms with Crippen LogP contribution in [0.15, 0.2) is 48.5 Å². The Kier molecular flexibility index (Phi) is 6.34. The first-order valence-corrected chi connectivity index (χ1v) is 10.8. The maximum absolute atomic E-state index is 13.7. The van der Waals surface area contributed by atoms with E-state index in [0.29, 0.717) is 22.4 Å². The summed E-state index contributed by atoms with van der Waals surface area (Å²) >= 11 is 0. The van der Waals surface area contributed by atoms with Gasteiger partial charge in [0.15, 0.2) is 0 Å². The molecule has 0 radical (unpaired) electrons. The van der Waals surface area contributed by atoms with E-state index in [-0.39, 0.29) is 12.2 Å². The highest BCUT2D eigenvalue weighted by Gasteiger charge is 2.48. The van der Waals surface area contributed by atoms with Crippen LogP contribution in [0.5, 0.6) is 5.75 Å². The second kappa shape index (κ2) is 8.55. The molecule has 2 aromatic carbocycles. The van der Waals surface area contributed by atoms with Crippen LogP contribution >= 0.6 is 0 Å². The summed E-state index contributed by atoms with van der Waals surface area (Å²) < 4.78 is 86.1. The number of sulfonamides is 1. The van der Waals surface area contributed by atoms with E-state index in [9.17, 15) is 30.8 Å². The number of alkyl halides is 3. The molecule has 3 rings (SSSR count). The van der Waals surface area contributed by atoms with Crippen LogP contribution in [0.1, 0.15) is 35.3 Å². The van der Waals surface area contributed by atoms with E-state index in [1.54, 1.807) is 18.2 Å². The van der Waals surface area contributed by atoms with Crippen molar-refractivity contribution in [3.05, 3.63) is 71.0 Å². The second-order valence-corrected chi connectivity index (χ2v) is 9.34. The zero-order valence-electron chi connectivity index (χ0n) is 17.0. The molecule has 0 spiro atoms. The van der Waals surface area contributed by atoms with E-state index in [2.05, 4.69) is 0 Å². The second-order valence-electron chi connectivity index (χ2n) is 7.66. The quantitative estimate of drug-likeness (QED) is 0.506. The lowest BCUT2D eigenvalue weighted by molar-refractivity contribution is -0.0459. The molecule has 1 aliphatic rings. The van der Waals surface area contributed by atoms with Gasteiger partial charge in [-0.2, -0.15) is 17.9 Å². The van der Waals surface area contributed by atoms with Gasteiger partial charge in [-0.1, -0.05) is 12.1 Å². The van der Waals surface area contributed by atoms with Gasteiger partial charge in [0.2, 0.25) is 0 Å². The Morgan fingerprint density at radius 2 is 1.88 bits per heavy atom. The molecule has 0 aliphatic carbocycles. The minimum absolute atomic E-state index is 0.0855. The molecule has 2 aromatic rings. The van der Waals surface area contributed by atoms with E-state index in [1.165, 1.54) is 35.1 Å². The molecule has 0 atom stereocenters. The number of esters is 1. The first kappa shape index (κ1) is 23.7. The van der Waals surface area contributed by atoms with Crippen LogP contribution in [0.3, 0.4) is 0 Å². The smallest absolute Gasteiger partial charge is 0.489 e. The Balaban J connectivity index is 1.76. The maximum atomic E-state index is 13.7. The number of ether oxygens (including phenoxy) is 2. The average Bonchev–Trinajstić information content (AvgIpc) is 2.70. The molecule has 0 unspecified atom stereocenters. The number of nitrogens with one attached hydrogen (secondary N) is 1. The minimum Gasteiger partial charge on any atom is -0.489 e. The molecule has 0 saturated carbocycles. The highest BCUT2D eigenvalue weighted by atomic mass is 32.2. The number of carbonyl (C=O) groups excluding carboxylic acids is 1. The number of fused-ring (bicyclic) bond motifs is 1. The maximum Gasteiger partial charge on any atom is 0.511 e. The molecule has 11 heteroatoms.